The number of aryl methyl sites for hydroxylation is 1. The van der Waals surface area contributed by atoms with Crippen LogP contribution in [0.25, 0.3) is 0 Å². The molecule has 1 aliphatic rings. The third-order valence-corrected chi connectivity index (χ3v) is 2.51. The van der Waals surface area contributed by atoms with Crippen LogP contribution in [-0.4, -0.2) is 23.1 Å². The van der Waals surface area contributed by atoms with Gasteiger partial charge in [-0.2, -0.15) is 0 Å². The topological polar surface area (TPSA) is 37.8 Å². The van der Waals surface area contributed by atoms with Gasteiger partial charge >= 0.3 is 0 Å². The lowest BCUT2D eigenvalue weighted by molar-refractivity contribution is 0.444. The molecule has 1 saturated heterocycles. The molecule has 0 saturated carbocycles. The monoisotopic (exact) mass is 177 g/mol. The van der Waals surface area contributed by atoms with E-state index in [1.54, 1.807) is 0 Å². The number of rotatable bonds is 1. The van der Waals surface area contributed by atoms with Gasteiger partial charge in [0.1, 0.15) is 5.82 Å². The van der Waals surface area contributed by atoms with Crippen molar-refractivity contribution in [1.82, 2.24) is 15.3 Å². The number of nitrogens with zero attached hydrogens (tertiary/aromatic N) is 2. The standard InChI is InChI=1S/C10H15N3/c1-8-6-12-10(13-7-8)9-2-4-11-5-3-9/h6-7,9,11H,2-5H2,1H3. The molecule has 1 N–H and O–H groups in total. The van der Waals surface area contributed by atoms with Crippen LogP contribution < -0.4 is 5.32 Å². The molecule has 3 nitrogen and oxygen atoms in total. The lowest BCUT2D eigenvalue weighted by Gasteiger charge is -2.20. The first-order valence-corrected chi connectivity index (χ1v) is 4.85. The number of piperidine rings is 1. The molecule has 0 spiro atoms. The molecule has 13 heavy (non-hydrogen) atoms. The Hall–Kier alpha value is -0.960. The summed E-state index contributed by atoms with van der Waals surface area (Å²) in [5.74, 6) is 1.59. The van der Waals surface area contributed by atoms with E-state index in [0.717, 1.165) is 24.5 Å². The van der Waals surface area contributed by atoms with E-state index in [4.69, 9.17) is 0 Å². The van der Waals surface area contributed by atoms with Crippen LogP contribution in [0.5, 0.6) is 0 Å². The Labute approximate surface area is 78.6 Å². The predicted octanol–water partition coefficient (Wildman–Crippen LogP) is 1.25. The van der Waals surface area contributed by atoms with Crippen LogP contribution in [0, 0.1) is 6.92 Å². The van der Waals surface area contributed by atoms with E-state index in [9.17, 15) is 0 Å². The maximum absolute atomic E-state index is 4.36. The van der Waals surface area contributed by atoms with Crippen LogP contribution >= 0.6 is 0 Å². The molecule has 3 heteroatoms. The van der Waals surface area contributed by atoms with Gasteiger partial charge in [0.2, 0.25) is 0 Å². The molecule has 0 aliphatic carbocycles. The number of hydrogen-bond acceptors (Lipinski definition) is 3. The second kappa shape index (κ2) is 3.83. The number of aromatic nitrogens is 2. The molecule has 70 valence electrons. The van der Waals surface area contributed by atoms with Gasteiger partial charge in [0.05, 0.1) is 0 Å². The first kappa shape index (κ1) is 8.63. The maximum atomic E-state index is 4.36. The fourth-order valence-corrected chi connectivity index (χ4v) is 1.69. The van der Waals surface area contributed by atoms with E-state index in [1.165, 1.54) is 12.8 Å². The van der Waals surface area contributed by atoms with Crippen molar-refractivity contribution in [2.24, 2.45) is 0 Å². The zero-order chi connectivity index (χ0) is 9.10. The Morgan fingerprint density at radius 3 is 2.46 bits per heavy atom. The minimum absolute atomic E-state index is 0.571. The van der Waals surface area contributed by atoms with Crippen LogP contribution in [-0.2, 0) is 0 Å². The predicted molar refractivity (Wildman–Crippen MR) is 51.6 cm³/mol. The van der Waals surface area contributed by atoms with Crippen LogP contribution in [0.2, 0.25) is 0 Å². The quantitative estimate of drug-likeness (QED) is 0.701. The second-order valence-corrected chi connectivity index (χ2v) is 3.64. The zero-order valence-corrected chi connectivity index (χ0v) is 7.95. The Morgan fingerprint density at radius 2 is 1.85 bits per heavy atom. The fourth-order valence-electron chi connectivity index (χ4n) is 1.69. The van der Waals surface area contributed by atoms with Crippen molar-refractivity contribution in [3.8, 4) is 0 Å². The Balaban J connectivity index is 2.10. The van der Waals surface area contributed by atoms with Gasteiger partial charge in [-0.05, 0) is 38.4 Å². The van der Waals surface area contributed by atoms with E-state index >= 15 is 0 Å². The van der Waals surface area contributed by atoms with Crippen LogP contribution in [0.3, 0.4) is 0 Å². The summed E-state index contributed by atoms with van der Waals surface area (Å²) in [6, 6.07) is 0. The van der Waals surface area contributed by atoms with Gasteiger partial charge in [0.15, 0.2) is 0 Å². The molecule has 1 aromatic rings. The third-order valence-electron chi connectivity index (χ3n) is 2.51. The van der Waals surface area contributed by atoms with E-state index in [-0.39, 0.29) is 0 Å². The Morgan fingerprint density at radius 1 is 1.23 bits per heavy atom. The lowest BCUT2D eigenvalue weighted by Crippen LogP contribution is -2.27. The Kier molecular flexibility index (Phi) is 2.54. The van der Waals surface area contributed by atoms with E-state index in [1.807, 2.05) is 19.3 Å². The SMILES string of the molecule is Cc1cnc(C2CCNCC2)nc1. The van der Waals surface area contributed by atoms with Crippen molar-refractivity contribution in [2.45, 2.75) is 25.7 Å². The normalized spacial score (nSPS) is 18.8. The highest BCUT2D eigenvalue weighted by atomic mass is 14.9. The smallest absolute Gasteiger partial charge is 0.131 e. The van der Waals surface area contributed by atoms with E-state index in [2.05, 4.69) is 15.3 Å². The first-order valence-electron chi connectivity index (χ1n) is 4.85. The van der Waals surface area contributed by atoms with E-state index < -0.39 is 0 Å². The van der Waals surface area contributed by atoms with Gasteiger partial charge in [0, 0.05) is 18.3 Å². The minimum atomic E-state index is 0.571. The van der Waals surface area contributed by atoms with Crippen molar-refractivity contribution in [2.75, 3.05) is 13.1 Å². The molecular weight excluding hydrogens is 162 g/mol. The summed E-state index contributed by atoms with van der Waals surface area (Å²) >= 11 is 0. The molecule has 0 unspecified atom stereocenters. The molecule has 1 fully saturated rings. The maximum Gasteiger partial charge on any atom is 0.131 e. The molecule has 0 bridgehead atoms. The van der Waals surface area contributed by atoms with Crippen LogP contribution in [0.15, 0.2) is 12.4 Å². The summed E-state index contributed by atoms with van der Waals surface area (Å²) in [7, 11) is 0. The Bertz CT molecular complexity index is 262. The van der Waals surface area contributed by atoms with E-state index in [0.29, 0.717) is 5.92 Å². The van der Waals surface area contributed by atoms with Gasteiger partial charge in [0.25, 0.3) is 0 Å². The number of nitrogens with one attached hydrogen (secondary N) is 1. The van der Waals surface area contributed by atoms with Crippen molar-refractivity contribution >= 4 is 0 Å². The van der Waals surface area contributed by atoms with Crippen molar-refractivity contribution in [3.05, 3.63) is 23.8 Å². The van der Waals surface area contributed by atoms with Crippen molar-refractivity contribution in [1.29, 1.82) is 0 Å². The summed E-state index contributed by atoms with van der Waals surface area (Å²) in [6.07, 6.45) is 6.15. The van der Waals surface area contributed by atoms with Gasteiger partial charge in [-0.15, -0.1) is 0 Å². The molecule has 2 heterocycles. The molecule has 1 aromatic heterocycles. The van der Waals surface area contributed by atoms with Crippen molar-refractivity contribution < 1.29 is 0 Å². The zero-order valence-electron chi connectivity index (χ0n) is 7.95. The highest BCUT2D eigenvalue weighted by molar-refractivity contribution is 5.05. The van der Waals surface area contributed by atoms with Gasteiger partial charge in [-0.1, -0.05) is 0 Å². The van der Waals surface area contributed by atoms with Gasteiger partial charge in [-0.3, -0.25) is 0 Å². The summed E-state index contributed by atoms with van der Waals surface area (Å²) < 4.78 is 0. The molecule has 0 radical (unpaired) electrons. The second-order valence-electron chi connectivity index (χ2n) is 3.64. The molecule has 0 aromatic carbocycles. The molecule has 0 amide bonds. The summed E-state index contributed by atoms with van der Waals surface area (Å²) in [5, 5.41) is 3.34. The van der Waals surface area contributed by atoms with Crippen LogP contribution in [0.4, 0.5) is 0 Å². The summed E-state index contributed by atoms with van der Waals surface area (Å²) in [4.78, 5) is 8.73. The van der Waals surface area contributed by atoms with Gasteiger partial charge < -0.3 is 5.32 Å². The average molecular weight is 177 g/mol. The largest absolute Gasteiger partial charge is 0.317 e. The molecular formula is C10H15N3. The fraction of sp³-hybridized carbons (Fsp3) is 0.600. The minimum Gasteiger partial charge on any atom is -0.317 e. The average Bonchev–Trinajstić information content (AvgIpc) is 2.20. The lowest BCUT2D eigenvalue weighted by atomic mass is 9.97. The first-order chi connectivity index (χ1) is 6.36. The van der Waals surface area contributed by atoms with Gasteiger partial charge in [-0.25, -0.2) is 9.97 Å². The summed E-state index contributed by atoms with van der Waals surface area (Å²) in [5.41, 5.74) is 1.14. The highest BCUT2D eigenvalue weighted by Crippen LogP contribution is 2.21. The molecule has 0 atom stereocenters. The molecule has 1 aliphatic heterocycles. The summed E-state index contributed by atoms with van der Waals surface area (Å²) in [6.45, 7) is 4.22. The van der Waals surface area contributed by atoms with Crippen molar-refractivity contribution in [3.63, 3.8) is 0 Å². The van der Waals surface area contributed by atoms with Crippen LogP contribution in [0.1, 0.15) is 30.1 Å². The highest BCUT2D eigenvalue weighted by Gasteiger charge is 2.16. The number of hydrogen-bond donors (Lipinski definition) is 1. The molecule has 2 rings (SSSR count). The third kappa shape index (κ3) is 2.04.